The molecule has 0 spiro atoms. The Morgan fingerprint density at radius 2 is 1.57 bits per heavy atom. The molecule has 14 heavy (non-hydrogen) atoms. The highest BCUT2D eigenvalue weighted by molar-refractivity contribution is 8.93. The molecule has 8 heteroatoms. The molecule has 0 heterocycles. The summed E-state index contributed by atoms with van der Waals surface area (Å²) in [7, 11) is 0. The minimum absolute atomic E-state index is 0. The van der Waals surface area contributed by atoms with Crippen molar-refractivity contribution in [2.24, 2.45) is 5.73 Å². The number of carbonyl (C=O) groups is 3. The zero-order valence-electron chi connectivity index (χ0n) is 7.28. The van der Waals surface area contributed by atoms with Crippen molar-refractivity contribution < 1.29 is 19.5 Å². The molecule has 82 valence electrons. The highest BCUT2D eigenvalue weighted by atomic mass is 79.9. The highest BCUT2D eigenvalue weighted by Gasteiger charge is 2.04. The minimum Gasteiger partial charge on any atom is -0.480 e. The summed E-state index contributed by atoms with van der Waals surface area (Å²) in [6.07, 6.45) is 0. The number of halogens is 1. The van der Waals surface area contributed by atoms with Crippen LogP contribution in [0.4, 0.5) is 0 Å². The van der Waals surface area contributed by atoms with Gasteiger partial charge in [0.25, 0.3) is 0 Å². The van der Waals surface area contributed by atoms with Crippen molar-refractivity contribution in [1.82, 2.24) is 10.6 Å². The fraction of sp³-hybridized carbons (Fsp3) is 0.500. The van der Waals surface area contributed by atoms with Gasteiger partial charge in [0.1, 0.15) is 6.54 Å². The Hall–Kier alpha value is -1.15. The third kappa shape index (κ3) is 8.94. The average Bonchev–Trinajstić information content (AvgIpc) is 2.10. The second kappa shape index (κ2) is 8.45. The van der Waals surface area contributed by atoms with Crippen LogP contribution in [0, 0.1) is 0 Å². The van der Waals surface area contributed by atoms with E-state index in [-0.39, 0.29) is 30.1 Å². The fourth-order valence-electron chi connectivity index (χ4n) is 0.488. The Labute approximate surface area is 90.8 Å². The number of hydrogen-bond donors (Lipinski definition) is 4. The van der Waals surface area contributed by atoms with Crippen molar-refractivity contribution in [3.8, 4) is 0 Å². The van der Waals surface area contributed by atoms with Crippen molar-refractivity contribution in [1.29, 1.82) is 0 Å². The maximum absolute atomic E-state index is 10.7. The Morgan fingerprint density at radius 3 is 2.00 bits per heavy atom. The first-order valence-electron chi connectivity index (χ1n) is 3.51. The third-order valence-electron chi connectivity index (χ3n) is 1.07. The van der Waals surface area contributed by atoms with Gasteiger partial charge in [-0.2, -0.15) is 0 Å². The van der Waals surface area contributed by atoms with Crippen LogP contribution in [0.2, 0.25) is 0 Å². The van der Waals surface area contributed by atoms with E-state index in [1.807, 2.05) is 0 Å². The zero-order valence-corrected chi connectivity index (χ0v) is 8.99. The zero-order chi connectivity index (χ0) is 10.3. The molecule has 0 radical (unpaired) electrons. The number of carboxylic acid groups (broad SMARTS) is 1. The molecule has 0 rings (SSSR count). The molecule has 0 saturated carbocycles. The lowest BCUT2D eigenvalue weighted by Crippen LogP contribution is -2.40. The molecule has 0 aromatic rings. The van der Waals surface area contributed by atoms with Crippen molar-refractivity contribution in [3.63, 3.8) is 0 Å². The van der Waals surface area contributed by atoms with Crippen LogP contribution in [0.15, 0.2) is 0 Å². The number of carbonyl (C=O) groups excluding carboxylic acids is 2. The normalized spacial score (nSPS) is 8.36. The summed E-state index contributed by atoms with van der Waals surface area (Å²) in [6.45, 7) is -0.924. The van der Waals surface area contributed by atoms with Gasteiger partial charge in [0.15, 0.2) is 0 Å². The molecule has 5 N–H and O–H groups in total. The van der Waals surface area contributed by atoms with Gasteiger partial charge in [0, 0.05) is 0 Å². The van der Waals surface area contributed by atoms with Crippen LogP contribution in [-0.4, -0.2) is 42.5 Å². The lowest BCUT2D eigenvalue weighted by Gasteiger charge is -2.03. The molecular formula is C6H12BrN3O4. The van der Waals surface area contributed by atoms with E-state index in [0.29, 0.717) is 0 Å². The Kier molecular flexibility index (Phi) is 9.25. The van der Waals surface area contributed by atoms with Gasteiger partial charge in [-0.3, -0.25) is 14.4 Å². The van der Waals surface area contributed by atoms with E-state index >= 15 is 0 Å². The Balaban J connectivity index is 0. The molecule has 0 saturated heterocycles. The van der Waals surface area contributed by atoms with Crippen molar-refractivity contribution in [3.05, 3.63) is 0 Å². The lowest BCUT2D eigenvalue weighted by atomic mass is 10.5. The van der Waals surface area contributed by atoms with Crippen LogP contribution < -0.4 is 16.4 Å². The first-order valence-corrected chi connectivity index (χ1v) is 3.51. The second-order valence-electron chi connectivity index (χ2n) is 2.15. The summed E-state index contributed by atoms with van der Waals surface area (Å²) in [5, 5.41) is 12.4. The number of carboxylic acids is 1. The number of amides is 2. The van der Waals surface area contributed by atoms with E-state index < -0.39 is 24.3 Å². The van der Waals surface area contributed by atoms with Crippen LogP contribution in [0.5, 0.6) is 0 Å². The van der Waals surface area contributed by atoms with Gasteiger partial charge in [-0.25, -0.2) is 0 Å². The molecule has 0 bridgehead atoms. The Bertz CT molecular complexity index is 221. The van der Waals surface area contributed by atoms with Gasteiger partial charge in [-0.1, -0.05) is 0 Å². The van der Waals surface area contributed by atoms with Gasteiger partial charge in [-0.05, 0) is 0 Å². The molecule has 0 aromatic carbocycles. The summed E-state index contributed by atoms with van der Waals surface area (Å²) >= 11 is 0. The van der Waals surface area contributed by atoms with E-state index in [2.05, 4.69) is 10.6 Å². The first kappa shape index (κ1) is 15.3. The highest BCUT2D eigenvalue weighted by Crippen LogP contribution is 1.66. The quantitative estimate of drug-likeness (QED) is 0.453. The fourth-order valence-corrected chi connectivity index (χ4v) is 0.488. The summed E-state index contributed by atoms with van der Waals surface area (Å²) in [5.41, 5.74) is 4.94. The first-order chi connectivity index (χ1) is 6.06. The van der Waals surface area contributed by atoms with Crippen molar-refractivity contribution in [2.75, 3.05) is 19.6 Å². The van der Waals surface area contributed by atoms with Crippen LogP contribution in [0.25, 0.3) is 0 Å². The van der Waals surface area contributed by atoms with E-state index in [4.69, 9.17) is 10.8 Å². The molecule has 0 unspecified atom stereocenters. The molecule has 2 amide bonds. The number of hydrogen-bond acceptors (Lipinski definition) is 4. The van der Waals surface area contributed by atoms with Crippen molar-refractivity contribution in [2.45, 2.75) is 0 Å². The summed E-state index contributed by atoms with van der Waals surface area (Å²) < 4.78 is 0. The number of aliphatic carboxylic acids is 1. The molecule has 0 fully saturated rings. The standard InChI is InChI=1S/C6H11N3O4.BrH/c7-1-4(10)8-2-5(11)9-3-6(12)13;/h1-3,7H2,(H,8,10)(H,9,11)(H,12,13);1H. The Morgan fingerprint density at radius 1 is 1.07 bits per heavy atom. The average molecular weight is 270 g/mol. The molecule has 0 aliphatic carbocycles. The van der Waals surface area contributed by atoms with Crippen LogP contribution in [0.3, 0.4) is 0 Å². The smallest absolute Gasteiger partial charge is 0.322 e. The largest absolute Gasteiger partial charge is 0.480 e. The minimum atomic E-state index is -1.14. The van der Waals surface area contributed by atoms with E-state index in [1.165, 1.54) is 0 Å². The number of nitrogens with one attached hydrogen (secondary N) is 2. The summed E-state index contributed by atoms with van der Waals surface area (Å²) in [6, 6.07) is 0. The van der Waals surface area contributed by atoms with Gasteiger partial charge in [0.05, 0.1) is 13.1 Å². The maximum atomic E-state index is 10.7. The summed E-state index contributed by atoms with van der Waals surface area (Å²) in [5.74, 6) is -2.17. The van der Waals surface area contributed by atoms with E-state index in [0.717, 1.165) is 0 Å². The topological polar surface area (TPSA) is 122 Å². The van der Waals surface area contributed by atoms with Crippen LogP contribution in [0.1, 0.15) is 0 Å². The predicted octanol–water partition coefficient (Wildman–Crippen LogP) is -2.16. The van der Waals surface area contributed by atoms with Gasteiger partial charge >= 0.3 is 5.97 Å². The summed E-state index contributed by atoms with van der Waals surface area (Å²) in [4.78, 5) is 31.2. The number of nitrogens with two attached hydrogens (primary N) is 1. The number of rotatable bonds is 5. The van der Waals surface area contributed by atoms with E-state index in [9.17, 15) is 14.4 Å². The predicted molar refractivity (Wildman–Crippen MR) is 53.0 cm³/mol. The monoisotopic (exact) mass is 269 g/mol. The molecule has 0 atom stereocenters. The van der Waals surface area contributed by atoms with Gasteiger partial charge in [-0.15, -0.1) is 17.0 Å². The van der Waals surface area contributed by atoms with E-state index in [1.54, 1.807) is 0 Å². The van der Waals surface area contributed by atoms with Crippen LogP contribution in [-0.2, 0) is 14.4 Å². The van der Waals surface area contributed by atoms with Gasteiger partial charge < -0.3 is 21.5 Å². The maximum Gasteiger partial charge on any atom is 0.322 e. The molecule has 0 aliphatic heterocycles. The molecular weight excluding hydrogens is 258 g/mol. The molecule has 7 nitrogen and oxygen atoms in total. The third-order valence-corrected chi connectivity index (χ3v) is 1.07. The van der Waals surface area contributed by atoms with Crippen LogP contribution >= 0.6 is 17.0 Å². The SMILES string of the molecule is Br.NCC(=O)NCC(=O)NCC(=O)O. The lowest BCUT2D eigenvalue weighted by molar-refractivity contribution is -0.137. The molecule has 0 aliphatic rings. The molecule has 0 aromatic heterocycles. The van der Waals surface area contributed by atoms with Gasteiger partial charge in [0.2, 0.25) is 11.8 Å². The van der Waals surface area contributed by atoms with Crippen molar-refractivity contribution >= 4 is 34.8 Å². The second-order valence-corrected chi connectivity index (χ2v) is 2.15.